The molecule has 0 aliphatic heterocycles. The van der Waals surface area contributed by atoms with Crippen molar-refractivity contribution in [1.29, 1.82) is 0 Å². The van der Waals surface area contributed by atoms with Gasteiger partial charge in [0.05, 0.1) is 35.4 Å². The highest BCUT2D eigenvalue weighted by molar-refractivity contribution is 7.92. The Morgan fingerprint density at radius 3 is 2.16 bits per heavy atom. The third kappa shape index (κ3) is 4.98. The van der Waals surface area contributed by atoms with Gasteiger partial charge in [0.15, 0.2) is 0 Å². The second-order valence-corrected chi connectivity index (χ2v) is 8.97. The van der Waals surface area contributed by atoms with E-state index in [1.54, 1.807) is 49.4 Å². The number of anilines is 2. The molecule has 0 fully saturated rings. The summed E-state index contributed by atoms with van der Waals surface area (Å²) in [5.74, 6) is 0.414. The van der Waals surface area contributed by atoms with Gasteiger partial charge in [-0.1, -0.05) is 29.8 Å². The van der Waals surface area contributed by atoms with Gasteiger partial charge in [-0.05, 0) is 37.3 Å². The minimum atomic E-state index is -3.92. The van der Waals surface area contributed by atoms with E-state index in [9.17, 15) is 13.2 Å². The van der Waals surface area contributed by atoms with Crippen LogP contribution in [0.3, 0.4) is 0 Å². The summed E-state index contributed by atoms with van der Waals surface area (Å²) < 4.78 is 38.3. The van der Waals surface area contributed by atoms with Gasteiger partial charge < -0.3 is 14.8 Å². The van der Waals surface area contributed by atoms with Gasteiger partial charge >= 0.3 is 0 Å². The lowest BCUT2D eigenvalue weighted by molar-refractivity contribution is 0.102. The second-order valence-electron chi connectivity index (χ2n) is 6.70. The number of para-hydroxylation sites is 1. The quantitative estimate of drug-likeness (QED) is 0.505. The summed E-state index contributed by atoms with van der Waals surface area (Å²) in [7, 11) is -0.921. The molecule has 0 unspecified atom stereocenters. The maximum atomic E-state index is 13.3. The summed E-state index contributed by atoms with van der Waals surface area (Å²) in [5.41, 5.74) is 0.966. The monoisotopic (exact) mass is 474 g/mol. The fourth-order valence-electron chi connectivity index (χ4n) is 3.13. The smallest absolute Gasteiger partial charge is 0.264 e. The Balaban J connectivity index is 1.96. The normalized spacial score (nSPS) is 11.0. The molecule has 0 aliphatic carbocycles. The first-order chi connectivity index (χ1) is 15.3. The molecular formula is C23H23ClN2O5S. The van der Waals surface area contributed by atoms with Crippen LogP contribution in [0.1, 0.15) is 17.3 Å². The van der Waals surface area contributed by atoms with Crippen molar-refractivity contribution in [3.63, 3.8) is 0 Å². The van der Waals surface area contributed by atoms with Crippen molar-refractivity contribution < 1.29 is 22.7 Å². The lowest BCUT2D eigenvalue weighted by atomic mass is 10.2. The predicted octanol–water partition coefficient (Wildman–Crippen LogP) is 4.82. The molecule has 0 aliphatic rings. The number of hydrogen-bond donors (Lipinski definition) is 1. The number of hydrogen-bond acceptors (Lipinski definition) is 5. The standard InChI is InChI=1S/C23H23ClN2O5S/c1-4-26(17-8-6-5-7-9-17)32(28,29)20-10-11-22(24)21(15-20)23(27)25-16-12-18(30-2)14-19(13-16)31-3/h5-15H,4H2,1-3H3,(H,25,27). The van der Waals surface area contributed by atoms with Crippen LogP contribution >= 0.6 is 11.6 Å². The number of nitrogens with zero attached hydrogens (tertiary/aromatic N) is 1. The van der Waals surface area contributed by atoms with Gasteiger partial charge in [-0.25, -0.2) is 8.42 Å². The molecule has 168 valence electrons. The highest BCUT2D eigenvalue weighted by Crippen LogP contribution is 2.29. The number of sulfonamides is 1. The molecule has 0 atom stereocenters. The zero-order chi connectivity index (χ0) is 23.3. The van der Waals surface area contributed by atoms with Gasteiger partial charge in [-0.2, -0.15) is 0 Å². The van der Waals surface area contributed by atoms with Crippen molar-refractivity contribution in [1.82, 2.24) is 0 Å². The molecule has 3 rings (SSSR count). The molecule has 3 aromatic rings. The fraction of sp³-hybridized carbons (Fsp3) is 0.174. The Bertz CT molecular complexity index is 1190. The Hall–Kier alpha value is -3.23. The van der Waals surface area contributed by atoms with Crippen LogP contribution < -0.4 is 19.1 Å². The van der Waals surface area contributed by atoms with Gasteiger partial charge in [0.2, 0.25) is 0 Å². The highest BCUT2D eigenvalue weighted by atomic mass is 35.5. The van der Waals surface area contributed by atoms with Crippen molar-refractivity contribution >= 4 is 38.9 Å². The third-order valence-corrected chi connectivity index (χ3v) is 6.94. The van der Waals surface area contributed by atoms with Gasteiger partial charge in [0, 0.05) is 30.4 Å². The first kappa shape index (κ1) is 23.4. The molecule has 0 aromatic heterocycles. The van der Waals surface area contributed by atoms with Crippen LogP contribution in [0.15, 0.2) is 71.6 Å². The number of nitrogens with one attached hydrogen (secondary N) is 1. The summed E-state index contributed by atoms with van der Waals surface area (Å²) in [6.45, 7) is 1.96. The van der Waals surface area contributed by atoms with Crippen LogP contribution in [-0.2, 0) is 10.0 Å². The molecule has 0 spiro atoms. The summed E-state index contributed by atoms with van der Waals surface area (Å²) >= 11 is 6.24. The highest BCUT2D eigenvalue weighted by Gasteiger charge is 2.25. The lowest BCUT2D eigenvalue weighted by Crippen LogP contribution is -2.31. The van der Waals surface area contributed by atoms with Crippen LogP contribution in [0.5, 0.6) is 11.5 Å². The molecule has 9 heteroatoms. The Morgan fingerprint density at radius 1 is 0.969 bits per heavy atom. The minimum absolute atomic E-state index is 0.0265. The third-order valence-electron chi connectivity index (χ3n) is 4.71. The maximum absolute atomic E-state index is 13.3. The number of carbonyl (C=O) groups is 1. The summed E-state index contributed by atoms with van der Waals surface area (Å²) in [6.07, 6.45) is 0. The molecule has 0 saturated carbocycles. The van der Waals surface area contributed by atoms with Crippen molar-refractivity contribution in [2.75, 3.05) is 30.4 Å². The number of ether oxygens (including phenoxy) is 2. The van der Waals surface area contributed by atoms with E-state index in [4.69, 9.17) is 21.1 Å². The molecule has 0 radical (unpaired) electrons. The second kappa shape index (κ2) is 9.93. The van der Waals surface area contributed by atoms with E-state index < -0.39 is 15.9 Å². The van der Waals surface area contributed by atoms with E-state index in [0.29, 0.717) is 22.9 Å². The number of rotatable bonds is 8. The van der Waals surface area contributed by atoms with E-state index in [2.05, 4.69) is 5.32 Å². The molecular weight excluding hydrogens is 452 g/mol. The molecule has 3 aromatic carbocycles. The minimum Gasteiger partial charge on any atom is -0.497 e. The van der Waals surface area contributed by atoms with Crippen LogP contribution in [0.25, 0.3) is 0 Å². The van der Waals surface area contributed by atoms with E-state index >= 15 is 0 Å². The average molecular weight is 475 g/mol. The summed E-state index contributed by atoms with van der Waals surface area (Å²) in [5, 5.41) is 2.83. The van der Waals surface area contributed by atoms with Gasteiger partial charge in [0.25, 0.3) is 15.9 Å². The van der Waals surface area contributed by atoms with E-state index in [1.807, 2.05) is 6.07 Å². The van der Waals surface area contributed by atoms with E-state index in [-0.39, 0.29) is 22.0 Å². The zero-order valence-electron chi connectivity index (χ0n) is 17.8. The van der Waals surface area contributed by atoms with E-state index in [1.165, 1.54) is 36.7 Å². The molecule has 1 amide bonds. The number of amides is 1. The molecule has 7 nitrogen and oxygen atoms in total. The molecule has 32 heavy (non-hydrogen) atoms. The SMILES string of the molecule is CCN(c1ccccc1)S(=O)(=O)c1ccc(Cl)c(C(=O)Nc2cc(OC)cc(OC)c2)c1. The Morgan fingerprint density at radius 2 is 1.59 bits per heavy atom. The molecule has 0 heterocycles. The molecule has 0 saturated heterocycles. The fourth-order valence-corrected chi connectivity index (χ4v) is 4.83. The maximum Gasteiger partial charge on any atom is 0.264 e. The van der Waals surface area contributed by atoms with Crippen molar-refractivity contribution in [2.24, 2.45) is 0 Å². The zero-order valence-corrected chi connectivity index (χ0v) is 19.4. The number of halogens is 1. The first-order valence-corrected chi connectivity index (χ1v) is 11.5. The Labute approximate surface area is 192 Å². The largest absolute Gasteiger partial charge is 0.497 e. The number of carbonyl (C=O) groups excluding carboxylic acids is 1. The molecule has 0 bridgehead atoms. The van der Waals surface area contributed by atoms with E-state index in [0.717, 1.165) is 0 Å². The van der Waals surface area contributed by atoms with Crippen LogP contribution in [-0.4, -0.2) is 35.1 Å². The van der Waals surface area contributed by atoms with Crippen molar-refractivity contribution in [2.45, 2.75) is 11.8 Å². The van der Waals surface area contributed by atoms with Gasteiger partial charge in [0.1, 0.15) is 11.5 Å². The Kier molecular flexibility index (Phi) is 7.27. The lowest BCUT2D eigenvalue weighted by Gasteiger charge is -2.23. The first-order valence-electron chi connectivity index (χ1n) is 9.72. The summed E-state index contributed by atoms with van der Waals surface area (Å²) in [4.78, 5) is 12.9. The topological polar surface area (TPSA) is 84.9 Å². The average Bonchev–Trinajstić information content (AvgIpc) is 2.79. The predicted molar refractivity (Wildman–Crippen MR) is 126 cm³/mol. The van der Waals surface area contributed by atoms with Gasteiger partial charge in [-0.15, -0.1) is 0 Å². The van der Waals surface area contributed by atoms with Crippen molar-refractivity contribution in [3.05, 3.63) is 77.3 Å². The van der Waals surface area contributed by atoms with Gasteiger partial charge in [-0.3, -0.25) is 9.10 Å². The van der Waals surface area contributed by atoms with Crippen molar-refractivity contribution in [3.8, 4) is 11.5 Å². The number of methoxy groups -OCH3 is 2. The number of benzene rings is 3. The van der Waals surface area contributed by atoms with Crippen LogP contribution in [0, 0.1) is 0 Å². The molecule has 1 N–H and O–H groups in total. The summed E-state index contributed by atoms with van der Waals surface area (Å²) in [6, 6.07) is 17.7. The van der Waals surface area contributed by atoms with Crippen LogP contribution in [0.2, 0.25) is 5.02 Å². The van der Waals surface area contributed by atoms with Crippen LogP contribution in [0.4, 0.5) is 11.4 Å².